The van der Waals surface area contributed by atoms with Gasteiger partial charge in [-0.25, -0.2) is 0 Å². The molecule has 56 valence electrons. The van der Waals surface area contributed by atoms with Crippen LogP contribution in [0.5, 0.6) is 0 Å². The minimum atomic E-state index is -4.06. The van der Waals surface area contributed by atoms with Crippen LogP contribution in [0.2, 0.25) is 0 Å². The third kappa shape index (κ3) is 2.26. The largest absolute Gasteiger partial charge is 1.00 e. The van der Waals surface area contributed by atoms with Gasteiger partial charge in [0.2, 0.25) is 6.21 Å². The normalized spacial score (nSPS) is 20.5. The molecule has 0 saturated heterocycles. The number of hydrogen-bond donors (Lipinski definition) is 0. The van der Waals surface area contributed by atoms with Crippen LogP contribution >= 0.6 is 0 Å². The Morgan fingerprint density at radius 2 is 2.18 bits per heavy atom. The molecule has 0 aromatic rings. The Kier molecular flexibility index (Phi) is 3.17. The van der Waals surface area contributed by atoms with E-state index < -0.39 is 10.3 Å². The summed E-state index contributed by atoms with van der Waals surface area (Å²) in [7, 11) is -4.06. The van der Waals surface area contributed by atoms with Crippen molar-refractivity contribution in [2.75, 3.05) is 0 Å². The van der Waals surface area contributed by atoms with Crippen LogP contribution in [-0.4, -0.2) is 18.8 Å². The zero-order valence-corrected chi connectivity index (χ0v) is 6.96. The van der Waals surface area contributed by atoms with E-state index in [4.69, 9.17) is 0 Å². The first kappa shape index (κ1) is 10.6. The molecule has 1 heterocycles. The molecule has 0 N–H and O–H groups in total. The summed E-state index contributed by atoms with van der Waals surface area (Å²) in [4.78, 5) is 0. The molecule has 0 spiro atoms. The zero-order chi connectivity index (χ0) is 7.78. The molecular formula is C4H5LiNO4S+. The Balaban J connectivity index is 0.000001000. The molecule has 0 amide bonds. The van der Waals surface area contributed by atoms with E-state index in [0.29, 0.717) is 0 Å². The molecule has 0 bridgehead atoms. The standard InChI is InChI=1S/C4H5NO4S.Li/c1-4-2-3-5(6)10(7,8)9-4;/h2-3H,1H3;/q;+1. The Morgan fingerprint density at radius 1 is 1.64 bits per heavy atom. The van der Waals surface area contributed by atoms with Gasteiger partial charge in [0.1, 0.15) is 5.76 Å². The second-order valence-electron chi connectivity index (χ2n) is 1.72. The summed E-state index contributed by atoms with van der Waals surface area (Å²) in [5, 5.41) is 10.4. The molecule has 0 saturated carbocycles. The van der Waals surface area contributed by atoms with Gasteiger partial charge in [0.25, 0.3) is 0 Å². The first-order valence-corrected chi connectivity index (χ1v) is 3.81. The molecular weight excluding hydrogens is 165 g/mol. The van der Waals surface area contributed by atoms with Gasteiger partial charge in [-0.15, -0.1) is 8.42 Å². The first-order chi connectivity index (χ1) is 4.52. The monoisotopic (exact) mass is 170 g/mol. The summed E-state index contributed by atoms with van der Waals surface area (Å²) < 4.78 is 25.0. The predicted molar refractivity (Wildman–Crippen MR) is 33.5 cm³/mol. The van der Waals surface area contributed by atoms with E-state index in [2.05, 4.69) is 4.18 Å². The molecule has 0 fully saturated rings. The number of rotatable bonds is 0. The fourth-order valence-corrected chi connectivity index (χ4v) is 1.14. The molecule has 0 aromatic carbocycles. The van der Waals surface area contributed by atoms with Crippen molar-refractivity contribution in [1.29, 1.82) is 0 Å². The van der Waals surface area contributed by atoms with Crippen molar-refractivity contribution in [2.24, 2.45) is 0 Å². The third-order valence-corrected chi connectivity index (χ3v) is 1.92. The molecule has 1 aliphatic heterocycles. The van der Waals surface area contributed by atoms with Crippen LogP contribution in [0.4, 0.5) is 0 Å². The van der Waals surface area contributed by atoms with Crippen LogP contribution in [0.1, 0.15) is 6.92 Å². The van der Waals surface area contributed by atoms with Crippen molar-refractivity contribution >= 4 is 16.5 Å². The second-order valence-corrected chi connectivity index (χ2v) is 3.10. The third-order valence-electron chi connectivity index (χ3n) is 0.888. The topological polar surface area (TPSA) is 69.4 Å². The first-order valence-electron chi connectivity index (χ1n) is 2.45. The SMILES string of the molecule is CC1=CC=[N+]([O-])S(=O)(=O)O1.[Li+]. The van der Waals surface area contributed by atoms with Gasteiger partial charge in [-0.05, 0) is 6.92 Å². The van der Waals surface area contributed by atoms with Gasteiger partial charge in [0.05, 0.1) is 0 Å². The summed E-state index contributed by atoms with van der Waals surface area (Å²) in [5.41, 5.74) is 0. The summed E-state index contributed by atoms with van der Waals surface area (Å²) in [6.07, 6.45) is 2.15. The quantitative estimate of drug-likeness (QED) is 0.217. The Bertz CT molecular complexity index is 304. The molecule has 0 aliphatic carbocycles. The molecule has 0 aromatic heterocycles. The summed E-state index contributed by atoms with van der Waals surface area (Å²) in [6.45, 7) is 1.45. The van der Waals surface area contributed by atoms with E-state index in [-0.39, 0.29) is 28.8 Å². The minimum absolute atomic E-state index is 0. The molecule has 1 aliphatic rings. The van der Waals surface area contributed by atoms with Gasteiger partial charge in [-0.2, -0.15) is 0 Å². The molecule has 5 nitrogen and oxygen atoms in total. The fraction of sp³-hybridized carbons (Fsp3) is 0.250. The van der Waals surface area contributed by atoms with Gasteiger partial charge < -0.3 is 9.39 Å². The summed E-state index contributed by atoms with van der Waals surface area (Å²) in [6, 6.07) is 0. The van der Waals surface area contributed by atoms with Crippen molar-refractivity contribution in [3.63, 3.8) is 0 Å². The smallest absolute Gasteiger partial charge is 0.605 e. The Morgan fingerprint density at radius 3 is 2.55 bits per heavy atom. The Hall–Kier alpha value is -0.443. The summed E-state index contributed by atoms with van der Waals surface area (Å²) >= 11 is 0. The molecule has 11 heavy (non-hydrogen) atoms. The maximum atomic E-state index is 10.5. The molecule has 0 unspecified atom stereocenters. The van der Waals surface area contributed by atoms with Gasteiger partial charge in [-0.1, -0.05) is 4.14 Å². The zero-order valence-electron chi connectivity index (χ0n) is 6.14. The number of nitrogens with zero attached hydrogens (tertiary/aromatic N) is 1. The van der Waals surface area contributed by atoms with Crippen LogP contribution in [0.25, 0.3) is 0 Å². The van der Waals surface area contributed by atoms with E-state index in [1.165, 1.54) is 13.0 Å². The van der Waals surface area contributed by atoms with E-state index in [0.717, 1.165) is 6.21 Å². The summed E-state index contributed by atoms with van der Waals surface area (Å²) in [5.74, 6) is 0.187. The van der Waals surface area contributed by atoms with Gasteiger partial charge in [-0.3, -0.25) is 0 Å². The van der Waals surface area contributed by atoms with Crippen LogP contribution < -0.4 is 18.9 Å². The van der Waals surface area contributed by atoms with Crippen LogP contribution in [0, 0.1) is 5.21 Å². The average Bonchev–Trinajstić information content (AvgIpc) is 1.78. The Labute approximate surface area is 76.4 Å². The van der Waals surface area contributed by atoms with Crippen LogP contribution in [-0.2, 0) is 14.5 Å². The molecule has 1 rings (SSSR count). The van der Waals surface area contributed by atoms with E-state index in [1.54, 1.807) is 0 Å². The maximum absolute atomic E-state index is 10.5. The maximum Gasteiger partial charge on any atom is 1.00 e. The number of hydrogen-bond acceptors (Lipinski definition) is 4. The van der Waals surface area contributed by atoms with Crippen molar-refractivity contribution in [3.8, 4) is 0 Å². The minimum Gasteiger partial charge on any atom is -0.605 e. The fourth-order valence-electron chi connectivity index (χ4n) is 0.471. The van der Waals surface area contributed by atoms with E-state index in [1.807, 2.05) is 0 Å². The predicted octanol–water partition coefficient (Wildman–Crippen LogP) is -3.25. The van der Waals surface area contributed by atoms with Gasteiger partial charge in [0.15, 0.2) is 0 Å². The van der Waals surface area contributed by atoms with Gasteiger partial charge in [0, 0.05) is 6.08 Å². The van der Waals surface area contributed by atoms with Crippen molar-refractivity contribution in [2.45, 2.75) is 6.92 Å². The average molecular weight is 170 g/mol. The van der Waals surface area contributed by atoms with E-state index in [9.17, 15) is 13.6 Å². The second kappa shape index (κ2) is 3.30. The van der Waals surface area contributed by atoms with Crippen molar-refractivity contribution in [1.82, 2.24) is 0 Å². The molecule has 0 atom stereocenters. The van der Waals surface area contributed by atoms with Crippen LogP contribution in [0.3, 0.4) is 0 Å². The van der Waals surface area contributed by atoms with Gasteiger partial charge >= 0.3 is 29.2 Å². The van der Waals surface area contributed by atoms with E-state index >= 15 is 0 Å². The van der Waals surface area contributed by atoms with Crippen molar-refractivity contribution in [3.05, 3.63) is 17.0 Å². The number of allylic oxidation sites excluding steroid dienone is 2. The molecule has 7 heteroatoms. The van der Waals surface area contributed by atoms with Crippen LogP contribution in [0.15, 0.2) is 11.8 Å². The molecule has 0 radical (unpaired) electrons. The van der Waals surface area contributed by atoms with Crippen molar-refractivity contribution < 1.29 is 35.6 Å².